The number of amides is 2. The Kier molecular flexibility index (Phi) is 6.07. The third kappa shape index (κ3) is 5.34. The molecule has 2 amide bonds. The molecule has 0 radical (unpaired) electrons. The Hall–Kier alpha value is -2.35. The number of hydrogen-bond donors (Lipinski definition) is 1. The van der Waals surface area contributed by atoms with Gasteiger partial charge in [-0.1, -0.05) is 12.1 Å². The van der Waals surface area contributed by atoms with Gasteiger partial charge < -0.3 is 10.2 Å². The van der Waals surface area contributed by atoms with Gasteiger partial charge in [0.25, 0.3) is 0 Å². The number of carbonyl (C=O) groups excluding carboxylic acids is 2. The molecule has 1 aliphatic heterocycles. The molecule has 5 nitrogen and oxygen atoms in total. The van der Waals surface area contributed by atoms with Crippen LogP contribution in [-0.2, 0) is 15.8 Å². The summed E-state index contributed by atoms with van der Waals surface area (Å²) >= 11 is 0. The molecule has 8 heteroatoms. The van der Waals surface area contributed by atoms with Gasteiger partial charge in [-0.05, 0) is 43.5 Å². The lowest BCUT2D eigenvalue weighted by Gasteiger charge is -2.37. The number of nitrogens with zero attached hydrogens (tertiary/aromatic N) is 2. The van der Waals surface area contributed by atoms with Crippen LogP contribution in [0.25, 0.3) is 6.08 Å². The normalized spacial score (nSPS) is 19.6. The lowest BCUT2D eigenvalue weighted by atomic mass is 10.1. The summed E-state index contributed by atoms with van der Waals surface area (Å²) in [5.74, 6) is -0.223. The summed E-state index contributed by atoms with van der Waals surface area (Å²) in [4.78, 5) is 28.2. The Morgan fingerprint density at radius 1 is 1.18 bits per heavy atom. The minimum atomic E-state index is -4.41. The predicted molar refractivity (Wildman–Crippen MR) is 99.3 cm³/mol. The number of rotatable bonds is 5. The molecule has 1 N–H and O–H groups in total. The van der Waals surface area contributed by atoms with Gasteiger partial charge in [0.15, 0.2) is 0 Å². The van der Waals surface area contributed by atoms with Crippen LogP contribution in [0.5, 0.6) is 0 Å². The molecule has 1 aromatic carbocycles. The standard InChI is InChI=1S/C20H24F3N3O2/c1-14(19(28)24-17-6-7-17)25-9-11-26(12-10-25)18(27)8-5-15-3-2-4-16(13-15)20(21,22)23/h2-5,8,13-14,17H,6-7,9-12H2,1H3,(H,24,28). The highest BCUT2D eigenvalue weighted by Crippen LogP contribution is 2.29. The van der Waals surface area contributed by atoms with Crippen molar-refractivity contribution in [3.63, 3.8) is 0 Å². The highest BCUT2D eigenvalue weighted by Gasteiger charge is 2.31. The minimum Gasteiger partial charge on any atom is -0.352 e. The molecule has 152 valence electrons. The zero-order chi connectivity index (χ0) is 20.3. The van der Waals surface area contributed by atoms with Gasteiger partial charge in [-0.15, -0.1) is 0 Å². The SMILES string of the molecule is CC(C(=O)NC1CC1)N1CCN(C(=O)C=Cc2cccc(C(F)(F)F)c2)CC1. The van der Waals surface area contributed by atoms with Crippen molar-refractivity contribution in [2.75, 3.05) is 26.2 Å². The molecule has 1 aliphatic carbocycles. The van der Waals surface area contributed by atoms with Crippen molar-refractivity contribution in [2.24, 2.45) is 0 Å². The van der Waals surface area contributed by atoms with E-state index in [1.807, 2.05) is 11.8 Å². The predicted octanol–water partition coefficient (Wildman–Crippen LogP) is 2.53. The fraction of sp³-hybridized carbons (Fsp3) is 0.500. The fourth-order valence-electron chi connectivity index (χ4n) is 3.14. The Morgan fingerprint density at radius 2 is 1.86 bits per heavy atom. The second kappa shape index (κ2) is 8.34. The van der Waals surface area contributed by atoms with Gasteiger partial charge in [-0.2, -0.15) is 13.2 Å². The van der Waals surface area contributed by atoms with Crippen LogP contribution in [0.4, 0.5) is 13.2 Å². The second-order valence-corrected chi connectivity index (χ2v) is 7.28. The van der Waals surface area contributed by atoms with Crippen molar-refractivity contribution in [2.45, 2.75) is 38.0 Å². The largest absolute Gasteiger partial charge is 0.416 e. The van der Waals surface area contributed by atoms with Crippen LogP contribution in [0.15, 0.2) is 30.3 Å². The Bertz CT molecular complexity index is 751. The molecule has 1 heterocycles. The average Bonchev–Trinajstić information content (AvgIpc) is 3.49. The topological polar surface area (TPSA) is 52.7 Å². The van der Waals surface area contributed by atoms with E-state index in [-0.39, 0.29) is 17.9 Å². The Morgan fingerprint density at radius 3 is 2.46 bits per heavy atom. The van der Waals surface area contributed by atoms with E-state index in [2.05, 4.69) is 5.32 Å². The molecule has 0 spiro atoms. The first-order valence-corrected chi connectivity index (χ1v) is 9.43. The smallest absolute Gasteiger partial charge is 0.352 e. The van der Waals surface area contributed by atoms with E-state index in [1.54, 1.807) is 4.90 Å². The van der Waals surface area contributed by atoms with Crippen molar-refractivity contribution in [1.82, 2.24) is 15.1 Å². The highest BCUT2D eigenvalue weighted by atomic mass is 19.4. The molecular formula is C20H24F3N3O2. The van der Waals surface area contributed by atoms with E-state index in [0.717, 1.165) is 25.0 Å². The monoisotopic (exact) mass is 395 g/mol. The summed E-state index contributed by atoms with van der Waals surface area (Å²) in [7, 11) is 0. The van der Waals surface area contributed by atoms with Gasteiger partial charge in [-0.25, -0.2) is 0 Å². The van der Waals surface area contributed by atoms with Crippen molar-refractivity contribution in [3.8, 4) is 0 Å². The van der Waals surface area contributed by atoms with Crippen LogP contribution in [0, 0.1) is 0 Å². The van der Waals surface area contributed by atoms with E-state index in [4.69, 9.17) is 0 Å². The van der Waals surface area contributed by atoms with Gasteiger partial charge in [-0.3, -0.25) is 14.5 Å². The van der Waals surface area contributed by atoms with Crippen LogP contribution < -0.4 is 5.32 Å². The molecule has 28 heavy (non-hydrogen) atoms. The van der Waals surface area contributed by atoms with E-state index in [9.17, 15) is 22.8 Å². The van der Waals surface area contributed by atoms with Crippen LogP contribution in [0.2, 0.25) is 0 Å². The van der Waals surface area contributed by atoms with Gasteiger partial charge in [0.1, 0.15) is 0 Å². The summed E-state index contributed by atoms with van der Waals surface area (Å²) in [6.07, 6.45) is 0.370. The third-order valence-corrected chi connectivity index (χ3v) is 5.11. The Balaban J connectivity index is 1.51. The van der Waals surface area contributed by atoms with Crippen molar-refractivity contribution in [1.29, 1.82) is 0 Å². The molecule has 1 aromatic rings. The zero-order valence-corrected chi connectivity index (χ0v) is 15.7. The lowest BCUT2D eigenvalue weighted by Crippen LogP contribution is -2.55. The molecular weight excluding hydrogens is 371 g/mol. The third-order valence-electron chi connectivity index (χ3n) is 5.11. The summed E-state index contributed by atoms with van der Waals surface area (Å²) in [6.45, 7) is 3.99. The number of piperazine rings is 1. The molecule has 2 aliphatic rings. The maximum absolute atomic E-state index is 12.8. The summed E-state index contributed by atoms with van der Waals surface area (Å²) in [5.41, 5.74) is -0.415. The zero-order valence-electron chi connectivity index (χ0n) is 15.7. The summed E-state index contributed by atoms with van der Waals surface area (Å²) in [5, 5.41) is 2.99. The number of hydrogen-bond acceptors (Lipinski definition) is 3. The second-order valence-electron chi connectivity index (χ2n) is 7.28. The molecule has 3 rings (SSSR count). The average molecular weight is 395 g/mol. The van der Waals surface area contributed by atoms with Crippen molar-refractivity contribution < 1.29 is 22.8 Å². The lowest BCUT2D eigenvalue weighted by molar-refractivity contribution is -0.137. The van der Waals surface area contributed by atoms with Crippen LogP contribution in [0.3, 0.4) is 0 Å². The fourth-order valence-corrected chi connectivity index (χ4v) is 3.14. The maximum atomic E-state index is 12.8. The quantitative estimate of drug-likeness (QED) is 0.780. The van der Waals surface area contributed by atoms with Gasteiger partial charge in [0.05, 0.1) is 11.6 Å². The summed E-state index contributed by atoms with van der Waals surface area (Å²) in [6, 6.07) is 4.94. The van der Waals surface area contributed by atoms with Gasteiger partial charge in [0, 0.05) is 38.3 Å². The van der Waals surface area contributed by atoms with Crippen LogP contribution >= 0.6 is 0 Å². The van der Waals surface area contributed by atoms with Crippen LogP contribution in [-0.4, -0.2) is 59.9 Å². The highest BCUT2D eigenvalue weighted by molar-refractivity contribution is 5.92. The van der Waals surface area contributed by atoms with Crippen LogP contribution in [0.1, 0.15) is 30.9 Å². The Labute approximate surface area is 162 Å². The van der Waals surface area contributed by atoms with Gasteiger partial charge >= 0.3 is 6.18 Å². The van der Waals surface area contributed by atoms with Crippen molar-refractivity contribution >= 4 is 17.9 Å². The number of carbonyl (C=O) groups is 2. The van der Waals surface area contributed by atoms with Gasteiger partial charge in [0.2, 0.25) is 11.8 Å². The first kappa shape index (κ1) is 20.4. The molecule has 1 saturated carbocycles. The molecule has 1 saturated heterocycles. The van der Waals surface area contributed by atoms with E-state index in [1.165, 1.54) is 24.3 Å². The first-order chi connectivity index (χ1) is 13.2. The van der Waals surface area contributed by atoms with E-state index in [0.29, 0.717) is 37.8 Å². The first-order valence-electron chi connectivity index (χ1n) is 9.43. The number of halogens is 3. The molecule has 0 bridgehead atoms. The van der Waals surface area contributed by atoms with Crippen molar-refractivity contribution in [3.05, 3.63) is 41.5 Å². The molecule has 1 unspecified atom stereocenters. The molecule has 0 aromatic heterocycles. The van der Waals surface area contributed by atoms with E-state index < -0.39 is 11.7 Å². The number of alkyl halides is 3. The summed E-state index contributed by atoms with van der Waals surface area (Å²) < 4.78 is 38.3. The number of benzene rings is 1. The maximum Gasteiger partial charge on any atom is 0.416 e. The minimum absolute atomic E-state index is 0.0201. The molecule has 1 atom stereocenters. The molecule has 2 fully saturated rings. The van der Waals surface area contributed by atoms with E-state index >= 15 is 0 Å². The number of nitrogens with one attached hydrogen (secondary N) is 1.